The summed E-state index contributed by atoms with van der Waals surface area (Å²) in [5.41, 5.74) is 1.00. The van der Waals surface area contributed by atoms with Crippen LogP contribution in [0.15, 0.2) is 23.1 Å². The number of pyridine rings is 1. The molecule has 1 amide bonds. The summed E-state index contributed by atoms with van der Waals surface area (Å²) in [5.74, 6) is 0.151. The van der Waals surface area contributed by atoms with E-state index < -0.39 is 0 Å². The molecular weight excluding hydrogens is 242 g/mol. The van der Waals surface area contributed by atoms with E-state index in [9.17, 15) is 9.59 Å². The third kappa shape index (κ3) is 3.36. The Bertz CT molecular complexity index is 502. The molecule has 1 aromatic heterocycles. The summed E-state index contributed by atoms with van der Waals surface area (Å²) in [5, 5.41) is 3.44. The molecule has 2 rings (SSSR count). The van der Waals surface area contributed by atoms with Crippen LogP contribution in [-0.2, 0) is 11.3 Å². The minimum absolute atomic E-state index is 0.0273. The molecule has 104 valence electrons. The fourth-order valence-corrected chi connectivity index (χ4v) is 2.44. The van der Waals surface area contributed by atoms with Crippen LogP contribution in [0.3, 0.4) is 0 Å². The van der Waals surface area contributed by atoms with E-state index in [1.807, 2.05) is 24.1 Å². The van der Waals surface area contributed by atoms with Crippen molar-refractivity contribution in [2.24, 2.45) is 0 Å². The number of amides is 1. The van der Waals surface area contributed by atoms with Crippen LogP contribution in [0.25, 0.3) is 0 Å². The quantitative estimate of drug-likeness (QED) is 0.894. The molecule has 1 fully saturated rings. The number of rotatable bonds is 3. The lowest BCUT2D eigenvalue weighted by Crippen LogP contribution is -2.41. The molecule has 2 heterocycles. The fraction of sp³-hybridized carbons (Fsp3) is 0.571. The van der Waals surface area contributed by atoms with Crippen LogP contribution in [0.5, 0.6) is 0 Å². The van der Waals surface area contributed by atoms with Crippen molar-refractivity contribution in [2.75, 3.05) is 18.4 Å². The van der Waals surface area contributed by atoms with E-state index in [4.69, 9.17) is 0 Å². The van der Waals surface area contributed by atoms with Crippen LogP contribution in [0, 0.1) is 0 Å². The largest absolute Gasteiger partial charge is 0.381 e. The highest BCUT2D eigenvalue weighted by molar-refractivity contribution is 5.73. The van der Waals surface area contributed by atoms with Crippen LogP contribution in [-0.4, -0.2) is 34.5 Å². The zero-order valence-corrected chi connectivity index (χ0v) is 11.6. The van der Waals surface area contributed by atoms with Crippen molar-refractivity contribution >= 4 is 11.6 Å². The van der Waals surface area contributed by atoms with E-state index in [1.54, 1.807) is 17.6 Å². The van der Waals surface area contributed by atoms with Gasteiger partial charge in [-0.05, 0) is 25.8 Å². The SMILES string of the molecule is CCn1cc(NC2CCN(C(C)=O)CC2)ccc1=O. The smallest absolute Gasteiger partial charge is 0.250 e. The molecule has 0 aromatic carbocycles. The maximum absolute atomic E-state index is 11.5. The monoisotopic (exact) mass is 263 g/mol. The van der Waals surface area contributed by atoms with Crippen molar-refractivity contribution in [3.05, 3.63) is 28.7 Å². The van der Waals surface area contributed by atoms with Gasteiger partial charge < -0.3 is 14.8 Å². The van der Waals surface area contributed by atoms with E-state index in [2.05, 4.69) is 5.32 Å². The number of aromatic nitrogens is 1. The number of carbonyl (C=O) groups is 1. The number of hydrogen-bond acceptors (Lipinski definition) is 3. The predicted octanol–water partition coefficient (Wildman–Crippen LogP) is 1.29. The molecule has 0 unspecified atom stereocenters. The molecule has 1 saturated heterocycles. The van der Waals surface area contributed by atoms with Crippen LogP contribution < -0.4 is 10.9 Å². The van der Waals surface area contributed by atoms with Crippen molar-refractivity contribution < 1.29 is 4.79 Å². The predicted molar refractivity (Wildman–Crippen MR) is 75.3 cm³/mol. The van der Waals surface area contributed by atoms with Gasteiger partial charge in [0.05, 0.1) is 5.69 Å². The summed E-state index contributed by atoms with van der Waals surface area (Å²) < 4.78 is 1.69. The number of anilines is 1. The van der Waals surface area contributed by atoms with E-state index in [0.29, 0.717) is 12.6 Å². The Morgan fingerprint density at radius 3 is 2.63 bits per heavy atom. The summed E-state index contributed by atoms with van der Waals surface area (Å²) in [7, 11) is 0. The molecule has 1 aromatic rings. The van der Waals surface area contributed by atoms with Gasteiger partial charge in [-0.2, -0.15) is 0 Å². The molecule has 19 heavy (non-hydrogen) atoms. The number of likely N-dealkylation sites (tertiary alicyclic amines) is 1. The van der Waals surface area contributed by atoms with E-state index >= 15 is 0 Å². The Kier molecular flexibility index (Phi) is 4.24. The molecule has 5 nitrogen and oxygen atoms in total. The molecule has 0 aliphatic carbocycles. The van der Waals surface area contributed by atoms with Gasteiger partial charge in [-0.1, -0.05) is 0 Å². The minimum Gasteiger partial charge on any atom is -0.381 e. The molecule has 0 bridgehead atoms. The third-order valence-corrected chi connectivity index (χ3v) is 3.64. The van der Waals surface area contributed by atoms with Gasteiger partial charge in [-0.15, -0.1) is 0 Å². The third-order valence-electron chi connectivity index (χ3n) is 3.64. The van der Waals surface area contributed by atoms with Gasteiger partial charge >= 0.3 is 0 Å². The van der Waals surface area contributed by atoms with Crippen molar-refractivity contribution in [3.63, 3.8) is 0 Å². The number of aryl methyl sites for hydroxylation is 1. The fourth-order valence-electron chi connectivity index (χ4n) is 2.44. The van der Waals surface area contributed by atoms with Gasteiger partial charge in [-0.25, -0.2) is 0 Å². The molecule has 1 aliphatic heterocycles. The standard InChI is InChI=1S/C14H21N3O2/c1-3-16-10-13(4-5-14(16)19)15-12-6-8-17(9-7-12)11(2)18/h4-5,10,12,15H,3,6-9H2,1-2H3. The van der Waals surface area contributed by atoms with Gasteiger partial charge in [0.2, 0.25) is 5.91 Å². The molecule has 0 radical (unpaired) electrons. The zero-order valence-electron chi connectivity index (χ0n) is 11.6. The Hall–Kier alpha value is -1.78. The average Bonchev–Trinajstić information content (AvgIpc) is 2.41. The van der Waals surface area contributed by atoms with Gasteiger partial charge in [0.15, 0.2) is 0 Å². The minimum atomic E-state index is 0.0273. The number of hydrogen-bond donors (Lipinski definition) is 1. The van der Waals surface area contributed by atoms with Crippen molar-refractivity contribution in [1.82, 2.24) is 9.47 Å². The van der Waals surface area contributed by atoms with Gasteiger partial charge in [0.25, 0.3) is 5.56 Å². The Morgan fingerprint density at radius 2 is 2.05 bits per heavy atom. The van der Waals surface area contributed by atoms with Crippen LogP contribution in [0.1, 0.15) is 26.7 Å². The second kappa shape index (κ2) is 5.91. The van der Waals surface area contributed by atoms with Crippen molar-refractivity contribution in [1.29, 1.82) is 0 Å². The highest BCUT2D eigenvalue weighted by Gasteiger charge is 2.20. The lowest BCUT2D eigenvalue weighted by Gasteiger charge is -2.32. The van der Waals surface area contributed by atoms with E-state index in [1.165, 1.54) is 0 Å². The van der Waals surface area contributed by atoms with Gasteiger partial charge in [0, 0.05) is 44.9 Å². The number of nitrogens with zero attached hydrogens (tertiary/aromatic N) is 2. The normalized spacial score (nSPS) is 16.4. The highest BCUT2D eigenvalue weighted by Crippen LogP contribution is 2.15. The maximum Gasteiger partial charge on any atom is 0.250 e. The Labute approximate surface area is 113 Å². The molecule has 0 spiro atoms. The summed E-state index contributed by atoms with van der Waals surface area (Å²) >= 11 is 0. The summed E-state index contributed by atoms with van der Waals surface area (Å²) in [6, 6.07) is 3.79. The molecule has 0 atom stereocenters. The first-order chi connectivity index (χ1) is 9.10. The van der Waals surface area contributed by atoms with Crippen molar-refractivity contribution in [3.8, 4) is 0 Å². The van der Waals surface area contributed by atoms with Gasteiger partial charge in [0.1, 0.15) is 0 Å². The molecular formula is C14H21N3O2. The summed E-state index contributed by atoms with van der Waals surface area (Å²) in [4.78, 5) is 24.6. The molecule has 1 N–H and O–H groups in total. The number of nitrogens with one attached hydrogen (secondary N) is 1. The maximum atomic E-state index is 11.5. The number of piperidine rings is 1. The lowest BCUT2D eigenvalue weighted by molar-refractivity contribution is -0.129. The topological polar surface area (TPSA) is 54.3 Å². The first kappa shape index (κ1) is 13.6. The lowest BCUT2D eigenvalue weighted by atomic mass is 10.0. The van der Waals surface area contributed by atoms with Crippen LogP contribution in [0.2, 0.25) is 0 Å². The Morgan fingerprint density at radius 1 is 1.37 bits per heavy atom. The van der Waals surface area contributed by atoms with Crippen molar-refractivity contribution in [2.45, 2.75) is 39.3 Å². The highest BCUT2D eigenvalue weighted by atomic mass is 16.2. The van der Waals surface area contributed by atoms with Crippen LogP contribution >= 0.6 is 0 Å². The molecule has 0 saturated carbocycles. The second-order valence-electron chi connectivity index (χ2n) is 4.97. The van der Waals surface area contributed by atoms with E-state index in [-0.39, 0.29) is 11.5 Å². The summed E-state index contributed by atoms with van der Waals surface area (Å²) in [6.07, 6.45) is 3.76. The summed E-state index contributed by atoms with van der Waals surface area (Å²) in [6.45, 7) is 5.86. The first-order valence-corrected chi connectivity index (χ1v) is 6.82. The first-order valence-electron chi connectivity index (χ1n) is 6.82. The Balaban J connectivity index is 1.96. The second-order valence-corrected chi connectivity index (χ2v) is 4.97. The van der Waals surface area contributed by atoms with Crippen LogP contribution in [0.4, 0.5) is 5.69 Å². The van der Waals surface area contributed by atoms with E-state index in [0.717, 1.165) is 31.6 Å². The average molecular weight is 263 g/mol. The zero-order chi connectivity index (χ0) is 13.8. The molecule has 5 heteroatoms. The number of carbonyl (C=O) groups excluding carboxylic acids is 1. The molecule has 1 aliphatic rings. The van der Waals surface area contributed by atoms with Gasteiger partial charge in [-0.3, -0.25) is 9.59 Å².